The highest BCUT2D eigenvalue weighted by Crippen LogP contribution is 2.20. The van der Waals surface area contributed by atoms with Crippen LogP contribution in [0.15, 0.2) is 0 Å². The molecule has 98 valence electrons. The van der Waals surface area contributed by atoms with Crippen LogP contribution < -0.4 is 5.32 Å². The van der Waals surface area contributed by atoms with Crippen molar-refractivity contribution in [2.24, 2.45) is 0 Å². The Hall–Kier alpha value is -0.490. The van der Waals surface area contributed by atoms with E-state index in [-0.39, 0.29) is 0 Å². The first-order valence-electron chi connectivity index (χ1n) is 6.06. The molecule has 0 bridgehead atoms. The summed E-state index contributed by atoms with van der Waals surface area (Å²) in [5, 5.41) is 4.46. The molecule has 1 rings (SSSR count). The molecule has 0 saturated heterocycles. The molecule has 0 aromatic carbocycles. The highest BCUT2D eigenvalue weighted by molar-refractivity contribution is 7.11. The number of ether oxygens (including phenoxy) is 2. The Bertz CT molecular complexity index is 315. The van der Waals surface area contributed by atoms with Gasteiger partial charge in [0.25, 0.3) is 0 Å². The van der Waals surface area contributed by atoms with Gasteiger partial charge in [-0.2, -0.15) is 0 Å². The van der Waals surface area contributed by atoms with Gasteiger partial charge in [-0.15, -0.1) is 11.3 Å². The van der Waals surface area contributed by atoms with E-state index in [1.54, 1.807) is 18.4 Å². The molecule has 5 heteroatoms. The molecule has 0 aliphatic carbocycles. The first kappa shape index (κ1) is 14.6. The van der Waals surface area contributed by atoms with Crippen molar-refractivity contribution in [3.63, 3.8) is 0 Å². The zero-order valence-corrected chi connectivity index (χ0v) is 11.7. The fraction of sp³-hybridized carbons (Fsp3) is 0.750. The highest BCUT2D eigenvalue weighted by Gasteiger charge is 2.10. The van der Waals surface area contributed by atoms with Crippen molar-refractivity contribution in [3.05, 3.63) is 15.6 Å². The van der Waals surface area contributed by atoms with Gasteiger partial charge in [0, 0.05) is 31.6 Å². The number of methoxy groups -OCH3 is 1. The number of thiazole rings is 1. The highest BCUT2D eigenvalue weighted by atomic mass is 32.1. The molecule has 0 radical (unpaired) electrons. The fourth-order valence-corrected chi connectivity index (χ4v) is 2.50. The topological polar surface area (TPSA) is 43.4 Å². The normalized spacial score (nSPS) is 11.0. The van der Waals surface area contributed by atoms with E-state index in [2.05, 4.69) is 17.2 Å². The molecule has 1 heterocycles. The molecule has 0 unspecified atom stereocenters. The molecule has 1 N–H and O–H groups in total. The number of aromatic nitrogens is 1. The molecule has 0 fully saturated rings. The Labute approximate surface area is 107 Å². The van der Waals surface area contributed by atoms with E-state index < -0.39 is 0 Å². The number of nitrogens with one attached hydrogen (secondary N) is 1. The predicted molar refractivity (Wildman–Crippen MR) is 70.4 cm³/mol. The minimum absolute atomic E-state index is 0.589. The van der Waals surface area contributed by atoms with Gasteiger partial charge in [0.05, 0.1) is 23.9 Å². The summed E-state index contributed by atoms with van der Waals surface area (Å²) < 4.78 is 10.5. The first-order chi connectivity index (χ1) is 8.31. The van der Waals surface area contributed by atoms with Crippen molar-refractivity contribution in [2.75, 3.05) is 26.9 Å². The Morgan fingerprint density at radius 3 is 2.82 bits per heavy atom. The Morgan fingerprint density at radius 1 is 1.35 bits per heavy atom. The number of nitrogens with zero attached hydrogens (tertiary/aromatic N) is 1. The quantitative estimate of drug-likeness (QED) is 0.688. The van der Waals surface area contributed by atoms with Crippen LogP contribution in [0.3, 0.4) is 0 Å². The Kier molecular flexibility index (Phi) is 7.35. The van der Waals surface area contributed by atoms with Gasteiger partial charge in [-0.25, -0.2) is 4.98 Å². The number of hydrogen-bond donors (Lipinski definition) is 1. The summed E-state index contributed by atoms with van der Waals surface area (Å²) >= 11 is 1.76. The molecular weight excluding hydrogens is 236 g/mol. The molecule has 1 aromatic rings. The van der Waals surface area contributed by atoms with E-state index in [1.807, 2.05) is 6.92 Å². The summed E-state index contributed by atoms with van der Waals surface area (Å²) in [4.78, 5) is 5.88. The van der Waals surface area contributed by atoms with Gasteiger partial charge in [0.1, 0.15) is 0 Å². The van der Waals surface area contributed by atoms with Crippen LogP contribution in [0.25, 0.3) is 0 Å². The molecular formula is C12H22N2O2S. The molecule has 4 nitrogen and oxygen atoms in total. The van der Waals surface area contributed by atoms with Gasteiger partial charge in [-0.05, 0) is 13.5 Å². The third kappa shape index (κ3) is 5.12. The van der Waals surface area contributed by atoms with Crippen LogP contribution in [0, 0.1) is 0 Å². The zero-order chi connectivity index (χ0) is 12.5. The number of rotatable bonds is 9. The molecule has 0 atom stereocenters. The third-order valence-electron chi connectivity index (χ3n) is 2.30. The van der Waals surface area contributed by atoms with E-state index in [0.29, 0.717) is 6.61 Å². The van der Waals surface area contributed by atoms with Gasteiger partial charge in [-0.1, -0.05) is 6.92 Å². The lowest BCUT2D eigenvalue weighted by atomic mass is 10.3. The van der Waals surface area contributed by atoms with Crippen LogP contribution in [-0.4, -0.2) is 31.9 Å². The Balaban J connectivity index is 2.59. The average Bonchev–Trinajstić information content (AvgIpc) is 2.70. The largest absolute Gasteiger partial charge is 0.381 e. The van der Waals surface area contributed by atoms with Crippen molar-refractivity contribution < 1.29 is 9.47 Å². The third-order valence-corrected chi connectivity index (χ3v) is 3.46. The summed E-state index contributed by atoms with van der Waals surface area (Å²) in [5.74, 6) is 0. The lowest BCUT2D eigenvalue weighted by Gasteiger charge is -2.00. The van der Waals surface area contributed by atoms with E-state index in [1.165, 1.54) is 4.88 Å². The molecule has 0 aliphatic heterocycles. The van der Waals surface area contributed by atoms with E-state index in [4.69, 9.17) is 9.47 Å². The number of hydrogen-bond acceptors (Lipinski definition) is 5. The Morgan fingerprint density at radius 2 is 2.18 bits per heavy atom. The van der Waals surface area contributed by atoms with Gasteiger partial charge in [0.15, 0.2) is 0 Å². The lowest BCUT2D eigenvalue weighted by Crippen LogP contribution is -2.12. The van der Waals surface area contributed by atoms with Crippen molar-refractivity contribution >= 4 is 11.3 Å². The van der Waals surface area contributed by atoms with Crippen LogP contribution in [-0.2, 0) is 29.0 Å². The van der Waals surface area contributed by atoms with Gasteiger partial charge < -0.3 is 14.8 Å². The summed E-state index contributed by atoms with van der Waals surface area (Å²) in [6.07, 6.45) is 0.890. The minimum atomic E-state index is 0.589. The second kappa shape index (κ2) is 8.58. The summed E-state index contributed by atoms with van der Waals surface area (Å²) in [5.41, 5.74) is 1.06. The predicted octanol–water partition coefficient (Wildman–Crippen LogP) is 1.98. The molecule has 0 saturated carbocycles. The van der Waals surface area contributed by atoms with Crippen molar-refractivity contribution in [2.45, 2.75) is 33.4 Å². The summed E-state index contributed by atoms with van der Waals surface area (Å²) in [6.45, 7) is 8.06. The molecule has 1 aromatic heterocycles. The average molecular weight is 258 g/mol. The summed E-state index contributed by atoms with van der Waals surface area (Å²) in [6, 6.07) is 0. The lowest BCUT2D eigenvalue weighted by molar-refractivity contribution is 0.150. The van der Waals surface area contributed by atoms with Crippen LogP contribution in [0.1, 0.15) is 29.4 Å². The molecule has 17 heavy (non-hydrogen) atoms. The van der Waals surface area contributed by atoms with Crippen LogP contribution >= 0.6 is 11.3 Å². The van der Waals surface area contributed by atoms with E-state index >= 15 is 0 Å². The molecule has 0 amide bonds. The maximum atomic E-state index is 5.35. The second-order valence-corrected chi connectivity index (χ2v) is 4.81. The summed E-state index contributed by atoms with van der Waals surface area (Å²) in [7, 11) is 1.70. The van der Waals surface area contributed by atoms with Crippen LogP contribution in [0.4, 0.5) is 0 Å². The van der Waals surface area contributed by atoms with E-state index in [9.17, 15) is 0 Å². The first-order valence-corrected chi connectivity index (χ1v) is 6.88. The maximum Gasteiger partial charge on any atom is 0.0955 e. The second-order valence-electron chi connectivity index (χ2n) is 3.64. The minimum Gasteiger partial charge on any atom is -0.381 e. The smallest absolute Gasteiger partial charge is 0.0955 e. The molecule has 0 spiro atoms. The van der Waals surface area contributed by atoms with Crippen molar-refractivity contribution in [3.8, 4) is 0 Å². The zero-order valence-electron chi connectivity index (χ0n) is 10.9. The standard InChI is InChI=1S/C12H22N2O2S/c1-4-13-8-11-10(9-15-3)14-12(17-11)6-7-16-5-2/h13H,4-9H2,1-3H3. The fourth-order valence-electron chi connectivity index (χ4n) is 1.47. The molecule has 0 aliphatic rings. The maximum absolute atomic E-state index is 5.35. The van der Waals surface area contributed by atoms with Crippen molar-refractivity contribution in [1.82, 2.24) is 10.3 Å². The monoisotopic (exact) mass is 258 g/mol. The van der Waals surface area contributed by atoms with Gasteiger partial charge in [0.2, 0.25) is 0 Å². The van der Waals surface area contributed by atoms with E-state index in [0.717, 1.165) is 43.4 Å². The van der Waals surface area contributed by atoms with Crippen LogP contribution in [0.2, 0.25) is 0 Å². The van der Waals surface area contributed by atoms with Gasteiger partial charge >= 0.3 is 0 Å². The SMILES string of the molecule is CCNCc1sc(CCOCC)nc1COC. The van der Waals surface area contributed by atoms with Crippen molar-refractivity contribution in [1.29, 1.82) is 0 Å². The van der Waals surface area contributed by atoms with Crippen LogP contribution in [0.5, 0.6) is 0 Å². The van der Waals surface area contributed by atoms with Gasteiger partial charge in [-0.3, -0.25) is 0 Å².